The summed E-state index contributed by atoms with van der Waals surface area (Å²) in [5.74, 6) is -1.09. The molecule has 8 nitrogen and oxygen atoms in total. The number of benzene rings is 2. The lowest BCUT2D eigenvalue weighted by Crippen LogP contribution is -2.55. The van der Waals surface area contributed by atoms with Crippen LogP contribution in [0.1, 0.15) is 38.3 Å². The Kier molecular flexibility index (Phi) is 11.1. The van der Waals surface area contributed by atoms with E-state index in [0.29, 0.717) is 0 Å². The van der Waals surface area contributed by atoms with Crippen LogP contribution >= 0.6 is 0 Å². The van der Waals surface area contributed by atoms with Crippen molar-refractivity contribution >= 4 is 18.0 Å². The summed E-state index contributed by atoms with van der Waals surface area (Å²) in [5.41, 5.74) is 0.968. The van der Waals surface area contributed by atoms with Crippen LogP contribution in [0, 0.1) is 0 Å². The molecular formula is C28H36N2O6. The molecule has 0 aromatic heterocycles. The van der Waals surface area contributed by atoms with Crippen molar-refractivity contribution in [3.05, 3.63) is 84.4 Å². The van der Waals surface area contributed by atoms with Gasteiger partial charge in [-0.15, -0.1) is 6.58 Å². The zero-order valence-corrected chi connectivity index (χ0v) is 21.4. The summed E-state index contributed by atoms with van der Waals surface area (Å²) in [4.78, 5) is 40.5. The van der Waals surface area contributed by atoms with E-state index in [0.717, 1.165) is 11.1 Å². The maximum Gasteiger partial charge on any atom is 0.408 e. The van der Waals surface area contributed by atoms with Crippen molar-refractivity contribution < 1.29 is 28.6 Å². The van der Waals surface area contributed by atoms with E-state index < -0.39 is 35.7 Å². The van der Waals surface area contributed by atoms with Gasteiger partial charge in [-0.25, -0.2) is 9.59 Å². The highest BCUT2D eigenvalue weighted by molar-refractivity contribution is 5.90. The van der Waals surface area contributed by atoms with Crippen LogP contribution < -0.4 is 5.32 Å². The van der Waals surface area contributed by atoms with Crippen molar-refractivity contribution in [3.8, 4) is 0 Å². The Labute approximate surface area is 213 Å². The van der Waals surface area contributed by atoms with E-state index in [1.807, 2.05) is 60.7 Å². The number of nitrogens with zero attached hydrogens (tertiary/aromatic N) is 1. The third kappa shape index (κ3) is 9.54. The summed E-state index contributed by atoms with van der Waals surface area (Å²) < 4.78 is 16.2. The minimum Gasteiger partial charge on any atom is -0.467 e. The number of hydrogen-bond donors (Lipinski definition) is 1. The van der Waals surface area contributed by atoms with Crippen LogP contribution in [-0.4, -0.2) is 54.3 Å². The average molecular weight is 497 g/mol. The van der Waals surface area contributed by atoms with Gasteiger partial charge in [0.25, 0.3) is 0 Å². The maximum absolute atomic E-state index is 13.9. The lowest BCUT2D eigenvalue weighted by molar-refractivity contribution is -0.154. The van der Waals surface area contributed by atoms with Crippen LogP contribution in [-0.2, 0) is 37.0 Å². The fourth-order valence-corrected chi connectivity index (χ4v) is 3.46. The second kappa shape index (κ2) is 14.0. The predicted octanol–water partition coefficient (Wildman–Crippen LogP) is 4.24. The molecule has 0 spiro atoms. The van der Waals surface area contributed by atoms with Gasteiger partial charge in [0.1, 0.15) is 17.7 Å². The molecule has 2 aromatic rings. The molecule has 0 saturated heterocycles. The number of esters is 1. The second-order valence-electron chi connectivity index (χ2n) is 9.21. The quantitative estimate of drug-likeness (QED) is 0.349. The predicted molar refractivity (Wildman–Crippen MR) is 137 cm³/mol. The summed E-state index contributed by atoms with van der Waals surface area (Å²) in [6.45, 7) is 9.16. The summed E-state index contributed by atoms with van der Waals surface area (Å²) >= 11 is 0. The first-order valence-corrected chi connectivity index (χ1v) is 11.8. The van der Waals surface area contributed by atoms with E-state index in [1.54, 1.807) is 26.8 Å². The molecule has 0 heterocycles. The monoisotopic (exact) mass is 496 g/mol. The highest BCUT2D eigenvalue weighted by Crippen LogP contribution is 2.16. The van der Waals surface area contributed by atoms with E-state index in [1.165, 1.54) is 12.0 Å². The van der Waals surface area contributed by atoms with E-state index in [9.17, 15) is 14.4 Å². The molecule has 2 aromatic carbocycles. The van der Waals surface area contributed by atoms with Gasteiger partial charge in [0.15, 0.2) is 0 Å². The van der Waals surface area contributed by atoms with Crippen LogP contribution in [0.15, 0.2) is 73.3 Å². The maximum atomic E-state index is 13.9. The fraction of sp³-hybridized carbons (Fsp3) is 0.393. The number of ether oxygens (including phenoxy) is 3. The van der Waals surface area contributed by atoms with Gasteiger partial charge in [-0.2, -0.15) is 0 Å². The van der Waals surface area contributed by atoms with Crippen molar-refractivity contribution in [2.45, 2.75) is 58.0 Å². The van der Waals surface area contributed by atoms with Crippen molar-refractivity contribution in [3.63, 3.8) is 0 Å². The van der Waals surface area contributed by atoms with Crippen LogP contribution in [0.2, 0.25) is 0 Å². The minimum atomic E-state index is -1.11. The van der Waals surface area contributed by atoms with Crippen LogP contribution in [0.3, 0.4) is 0 Å². The number of carbonyl (C=O) groups excluding carboxylic acids is 3. The Morgan fingerprint density at radius 2 is 1.58 bits per heavy atom. The molecule has 0 fully saturated rings. The molecule has 8 heteroatoms. The lowest BCUT2D eigenvalue weighted by atomic mass is 10.1. The van der Waals surface area contributed by atoms with Crippen LogP contribution in [0.4, 0.5) is 4.79 Å². The molecule has 2 rings (SSSR count). The standard InChI is InChI=1S/C28H36N2O6/c1-6-13-24(26(32)34-5)30(18-21-14-9-7-10-15-21)25(31)23(29-27(33)36-28(2,3)4)20-35-19-22-16-11-8-12-17-22/h6-12,14-17,23-24H,1,13,18-20H2,2-5H3,(H,29,33)/t23-,24+/m0/s1. The molecule has 0 saturated carbocycles. The molecule has 36 heavy (non-hydrogen) atoms. The minimum absolute atomic E-state index is 0.123. The molecule has 0 unspecified atom stereocenters. The molecule has 194 valence electrons. The number of hydrogen-bond acceptors (Lipinski definition) is 6. The number of rotatable bonds is 12. The van der Waals surface area contributed by atoms with Gasteiger partial charge in [-0.1, -0.05) is 66.7 Å². The normalized spacial score (nSPS) is 12.7. The van der Waals surface area contributed by atoms with Crippen molar-refractivity contribution in [2.75, 3.05) is 13.7 Å². The molecule has 0 aliphatic carbocycles. The molecule has 2 amide bonds. The van der Waals surface area contributed by atoms with Gasteiger partial charge in [-0.3, -0.25) is 4.79 Å². The fourth-order valence-electron chi connectivity index (χ4n) is 3.46. The highest BCUT2D eigenvalue weighted by Gasteiger charge is 2.35. The molecular weight excluding hydrogens is 460 g/mol. The Bertz CT molecular complexity index is 988. The molecule has 0 bridgehead atoms. The summed E-state index contributed by atoms with van der Waals surface area (Å²) in [5, 5.41) is 2.62. The Morgan fingerprint density at radius 3 is 2.11 bits per heavy atom. The van der Waals surface area contributed by atoms with Crippen molar-refractivity contribution in [1.82, 2.24) is 10.2 Å². The Balaban J connectivity index is 2.33. The van der Waals surface area contributed by atoms with Gasteiger partial charge >= 0.3 is 12.1 Å². The molecule has 0 aliphatic heterocycles. The first kappa shape index (κ1) is 28.6. The number of methoxy groups -OCH3 is 1. The van der Waals surface area contributed by atoms with Gasteiger partial charge in [0.05, 0.1) is 20.3 Å². The molecule has 1 N–H and O–H groups in total. The zero-order chi connectivity index (χ0) is 26.6. The molecule has 2 atom stereocenters. The number of nitrogens with one attached hydrogen (secondary N) is 1. The summed E-state index contributed by atoms with van der Waals surface area (Å²) in [6.07, 6.45) is 0.965. The number of carbonyl (C=O) groups is 3. The van der Waals surface area contributed by atoms with Gasteiger partial charge in [0, 0.05) is 6.54 Å². The van der Waals surface area contributed by atoms with E-state index >= 15 is 0 Å². The Hall–Kier alpha value is -3.65. The van der Waals surface area contributed by atoms with Gasteiger partial charge in [0.2, 0.25) is 5.91 Å². The topological polar surface area (TPSA) is 94.2 Å². The van der Waals surface area contributed by atoms with Crippen LogP contribution in [0.5, 0.6) is 0 Å². The molecule has 0 aliphatic rings. The van der Waals surface area contributed by atoms with Crippen molar-refractivity contribution in [1.29, 1.82) is 0 Å². The Morgan fingerprint density at radius 1 is 1.00 bits per heavy atom. The van der Waals surface area contributed by atoms with Crippen molar-refractivity contribution in [2.24, 2.45) is 0 Å². The number of alkyl carbamates (subject to hydrolysis) is 1. The van der Waals surface area contributed by atoms with E-state index in [2.05, 4.69) is 11.9 Å². The third-order valence-corrected chi connectivity index (χ3v) is 5.10. The lowest BCUT2D eigenvalue weighted by Gasteiger charge is -2.33. The first-order chi connectivity index (χ1) is 17.1. The SMILES string of the molecule is C=CC[C@H](C(=O)OC)N(Cc1ccccc1)C(=O)[C@H](COCc1ccccc1)NC(=O)OC(C)(C)C. The summed E-state index contributed by atoms with van der Waals surface area (Å²) in [7, 11) is 1.27. The van der Waals surface area contributed by atoms with E-state index in [4.69, 9.17) is 14.2 Å². The third-order valence-electron chi connectivity index (χ3n) is 5.10. The van der Waals surface area contributed by atoms with Gasteiger partial charge < -0.3 is 24.4 Å². The largest absolute Gasteiger partial charge is 0.467 e. The first-order valence-electron chi connectivity index (χ1n) is 11.8. The van der Waals surface area contributed by atoms with Crippen LogP contribution in [0.25, 0.3) is 0 Å². The number of amides is 2. The summed E-state index contributed by atoms with van der Waals surface area (Å²) in [6, 6.07) is 16.7. The van der Waals surface area contributed by atoms with Gasteiger partial charge in [-0.05, 0) is 38.3 Å². The average Bonchev–Trinajstić information content (AvgIpc) is 2.85. The van der Waals surface area contributed by atoms with E-state index in [-0.39, 0.29) is 26.2 Å². The highest BCUT2D eigenvalue weighted by atomic mass is 16.6. The zero-order valence-electron chi connectivity index (χ0n) is 21.4. The second-order valence-corrected chi connectivity index (χ2v) is 9.21. The smallest absolute Gasteiger partial charge is 0.408 e. The molecule has 0 radical (unpaired) electrons.